The predicted molar refractivity (Wildman–Crippen MR) is 82.4 cm³/mol. The summed E-state index contributed by atoms with van der Waals surface area (Å²) < 4.78 is 5.44. The molecule has 2 aromatic rings. The fourth-order valence-electron chi connectivity index (χ4n) is 2.56. The number of aliphatic hydroxyl groups excluding tert-OH is 1. The Morgan fingerprint density at radius 3 is 2.20 bits per heavy atom. The number of benzene rings is 2. The van der Waals surface area contributed by atoms with E-state index in [0.29, 0.717) is 0 Å². The van der Waals surface area contributed by atoms with Crippen LogP contribution in [0, 0.1) is 27.7 Å². The zero-order valence-electron chi connectivity index (χ0n) is 12.8. The molecule has 0 amide bonds. The molecule has 0 spiro atoms. The molecule has 0 aliphatic heterocycles. The molecule has 0 aromatic heterocycles. The van der Waals surface area contributed by atoms with Crippen molar-refractivity contribution in [2.45, 2.75) is 33.8 Å². The first-order valence-electron chi connectivity index (χ1n) is 6.84. The molecule has 0 aliphatic rings. The van der Waals surface area contributed by atoms with E-state index in [0.717, 1.165) is 28.0 Å². The van der Waals surface area contributed by atoms with Gasteiger partial charge in [0.15, 0.2) is 0 Å². The van der Waals surface area contributed by atoms with E-state index in [9.17, 15) is 5.11 Å². The lowest BCUT2D eigenvalue weighted by Crippen LogP contribution is -2.06. The maximum absolute atomic E-state index is 10.7. The molecule has 0 fully saturated rings. The highest BCUT2D eigenvalue weighted by molar-refractivity contribution is 5.48. The van der Waals surface area contributed by atoms with E-state index in [1.54, 1.807) is 7.11 Å². The summed E-state index contributed by atoms with van der Waals surface area (Å²) in [6, 6.07) is 10.1. The monoisotopic (exact) mass is 270 g/mol. The molecule has 0 bridgehead atoms. The summed E-state index contributed by atoms with van der Waals surface area (Å²) in [6.45, 7) is 8.17. The molecule has 2 aromatic carbocycles. The van der Waals surface area contributed by atoms with Gasteiger partial charge in [0.05, 0.1) is 7.11 Å². The van der Waals surface area contributed by atoms with E-state index in [4.69, 9.17) is 4.74 Å². The number of aryl methyl sites for hydroxylation is 4. The summed E-state index contributed by atoms with van der Waals surface area (Å²) in [6.07, 6.45) is -0.662. The summed E-state index contributed by atoms with van der Waals surface area (Å²) in [4.78, 5) is 0. The molecular weight excluding hydrogens is 248 g/mol. The van der Waals surface area contributed by atoms with Crippen LogP contribution >= 0.6 is 0 Å². The number of hydrogen-bond donors (Lipinski definition) is 1. The maximum atomic E-state index is 10.7. The van der Waals surface area contributed by atoms with Crippen molar-refractivity contribution in [3.63, 3.8) is 0 Å². The first-order valence-corrected chi connectivity index (χ1v) is 6.84. The van der Waals surface area contributed by atoms with E-state index in [1.807, 2.05) is 38.1 Å². The van der Waals surface area contributed by atoms with Gasteiger partial charge in [0, 0.05) is 5.56 Å². The second-order valence-corrected chi connectivity index (χ2v) is 5.44. The van der Waals surface area contributed by atoms with Crippen LogP contribution < -0.4 is 4.74 Å². The van der Waals surface area contributed by atoms with Gasteiger partial charge in [-0.3, -0.25) is 0 Å². The maximum Gasteiger partial charge on any atom is 0.125 e. The summed E-state index contributed by atoms with van der Waals surface area (Å²) in [5.41, 5.74) is 6.35. The fraction of sp³-hybridized carbons (Fsp3) is 0.333. The van der Waals surface area contributed by atoms with Crippen LogP contribution in [0.2, 0.25) is 0 Å². The Kier molecular flexibility index (Phi) is 4.15. The minimum absolute atomic E-state index is 0.662. The Labute approximate surface area is 121 Å². The molecule has 2 rings (SSSR count). The van der Waals surface area contributed by atoms with Crippen LogP contribution in [0.25, 0.3) is 0 Å². The van der Waals surface area contributed by atoms with E-state index in [-0.39, 0.29) is 0 Å². The third-order valence-corrected chi connectivity index (χ3v) is 3.83. The van der Waals surface area contributed by atoms with E-state index >= 15 is 0 Å². The lowest BCUT2D eigenvalue weighted by Gasteiger charge is -2.19. The van der Waals surface area contributed by atoms with Crippen LogP contribution in [0.4, 0.5) is 0 Å². The van der Waals surface area contributed by atoms with Crippen molar-refractivity contribution in [2.24, 2.45) is 0 Å². The van der Waals surface area contributed by atoms with Gasteiger partial charge in [-0.15, -0.1) is 0 Å². The van der Waals surface area contributed by atoms with Crippen molar-refractivity contribution >= 4 is 0 Å². The second-order valence-electron chi connectivity index (χ2n) is 5.44. The second kappa shape index (κ2) is 5.68. The quantitative estimate of drug-likeness (QED) is 0.913. The molecule has 0 aliphatic carbocycles. The number of rotatable bonds is 3. The lowest BCUT2D eigenvalue weighted by molar-refractivity contribution is 0.214. The zero-order valence-corrected chi connectivity index (χ0v) is 12.8. The smallest absolute Gasteiger partial charge is 0.125 e. The van der Waals surface area contributed by atoms with Crippen molar-refractivity contribution in [1.29, 1.82) is 0 Å². The highest BCUT2D eigenvalue weighted by atomic mass is 16.5. The van der Waals surface area contributed by atoms with Gasteiger partial charge in [0.25, 0.3) is 0 Å². The minimum Gasteiger partial charge on any atom is -0.496 e. The average molecular weight is 270 g/mol. The van der Waals surface area contributed by atoms with Crippen LogP contribution in [0.5, 0.6) is 5.75 Å². The Morgan fingerprint density at radius 1 is 0.900 bits per heavy atom. The van der Waals surface area contributed by atoms with Gasteiger partial charge < -0.3 is 9.84 Å². The molecule has 0 saturated heterocycles. The summed E-state index contributed by atoms with van der Waals surface area (Å²) in [7, 11) is 1.64. The van der Waals surface area contributed by atoms with Crippen LogP contribution in [-0.4, -0.2) is 12.2 Å². The van der Waals surface area contributed by atoms with Crippen molar-refractivity contribution in [3.05, 3.63) is 63.7 Å². The Hall–Kier alpha value is -1.80. The van der Waals surface area contributed by atoms with Crippen molar-refractivity contribution in [3.8, 4) is 5.75 Å². The van der Waals surface area contributed by atoms with Gasteiger partial charge >= 0.3 is 0 Å². The van der Waals surface area contributed by atoms with Crippen molar-refractivity contribution in [2.75, 3.05) is 7.11 Å². The van der Waals surface area contributed by atoms with Gasteiger partial charge in [0.2, 0.25) is 0 Å². The molecule has 1 atom stereocenters. The van der Waals surface area contributed by atoms with Crippen LogP contribution in [0.3, 0.4) is 0 Å². The lowest BCUT2D eigenvalue weighted by atomic mass is 9.93. The van der Waals surface area contributed by atoms with E-state index < -0.39 is 6.10 Å². The highest BCUT2D eigenvalue weighted by Gasteiger charge is 2.18. The molecular formula is C18H22O2. The minimum atomic E-state index is -0.662. The molecule has 1 unspecified atom stereocenters. The third-order valence-electron chi connectivity index (χ3n) is 3.83. The first-order chi connectivity index (χ1) is 9.43. The topological polar surface area (TPSA) is 29.5 Å². The molecule has 1 N–H and O–H groups in total. The number of hydrogen-bond acceptors (Lipinski definition) is 2. The Morgan fingerprint density at radius 2 is 1.60 bits per heavy atom. The molecule has 2 nitrogen and oxygen atoms in total. The summed E-state index contributed by atoms with van der Waals surface area (Å²) in [5.74, 6) is 0.744. The molecule has 0 saturated carbocycles. The number of aliphatic hydroxyl groups is 1. The number of methoxy groups -OCH3 is 1. The standard InChI is InChI=1S/C18H22O2/c1-11-8-14(4)17(16(9-11)20-5)18(19)15-7-6-12(2)13(3)10-15/h6-10,18-19H,1-5H3. The molecule has 2 heteroatoms. The number of ether oxygens (including phenoxy) is 1. The average Bonchev–Trinajstić information content (AvgIpc) is 2.40. The molecule has 0 heterocycles. The van der Waals surface area contributed by atoms with Crippen molar-refractivity contribution in [1.82, 2.24) is 0 Å². The summed E-state index contributed by atoms with van der Waals surface area (Å²) in [5, 5.41) is 10.7. The van der Waals surface area contributed by atoms with Crippen LogP contribution in [-0.2, 0) is 0 Å². The van der Waals surface area contributed by atoms with Crippen molar-refractivity contribution < 1.29 is 9.84 Å². The van der Waals surface area contributed by atoms with Gasteiger partial charge in [-0.2, -0.15) is 0 Å². The molecule has 106 valence electrons. The van der Waals surface area contributed by atoms with Crippen LogP contribution in [0.15, 0.2) is 30.3 Å². The normalized spacial score (nSPS) is 12.3. The first kappa shape index (κ1) is 14.6. The molecule has 0 radical (unpaired) electrons. The van der Waals surface area contributed by atoms with Gasteiger partial charge in [-0.25, -0.2) is 0 Å². The van der Waals surface area contributed by atoms with Gasteiger partial charge in [-0.05, 0) is 61.6 Å². The van der Waals surface area contributed by atoms with Crippen LogP contribution in [0.1, 0.15) is 39.5 Å². The fourth-order valence-corrected chi connectivity index (χ4v) is 2.56. The van der Waals surface area contributed by atoms with E-state index in [2.05, 4.69) is 19.9 Å². The van der Waals surface area contributed by atoms with Gasteiger partial charge in [0.1, 0.15) is 11.9 Å². The van der Waals surface area contributed by atoms with Gasteiger partial charge in [-0.1, -0.05) is 24.3 Å². The highest BCUT2D eigenvalue weighted by Crippen LogP contribution is 2.34. The molecule has 20 heavy (non-hydrogen) atoms. The largest absolute Gasteiger partial charge is 0.496 e. The summed E-state index contributed by atoms with van der Waals surface area (Å²) >= 11 is 0. The Balaban J connectivity index is 2.52. The SMILES string of the molecule is COc1cc(C)cc(C)c1C(O)c1ccc(C)c(C)c1. The zero-order chi connectivity index (χ0) is 14.9. The third kappa shape index (κ3) is 2.70. The Bertz CT molecular complexity index is 630. The van der Waals surface area contributed by atoms with E-state index in [1.165, 1.54) is 11.1 Å². The predicted octanol–water partition coefficient (Wildman–Crippen LogP) is 4.01.